The van der Waals surface area contributed by atoms with Gasteiger partial charge in [0.15, 0.2) is 0 Å². The summed E-state index contributed by atoms with van der Waals surface area (Å²) in [6.45, 7) is 2.55. The molecule has 0 atom stereocenters. The van der Waals surface area contributed by atoms with Crippen LogP contribution < -0.4 is 10.1 Å². The van der Waals surface area contributed by atoms with Crippen LogP contribution in [0.3, 0.4) is 0 Å². The van der Waals surface area contributed by atoms with Crippen LogP contribution in [0.25, 0.3) is 6.08 Å². The molecule has 1 rings (SSSR count). The Labute approximate surface area is 133 Å². The monoisotopic (exact) mass is 331 g/mol. The van der Waals surface area contributed by atoms with E-state index in [9.17, 15) is 18.0 Å². The Kier molecular flexibility index (Phi) is 6.93. The molecule has 1 aromatic rings. The summed E-state index contributed by atoms with van der Waals surface area (Å²) in [7, 11) is 0. The number of hydrogen-bond donors (Lipinski definition) is 1. The second-order valence-corrected chi connectivity index (χ2v) is 5.68. The lowest BCUT2D eigenvalue weighted by atomic mass is 10.1. The summed E-state index contributed by atoms with van der Waals surface area (Å²) in [6, 6.07) is 3.38. The van der Waals surface area contributed by atoms with Gasteiger partial charge in [0, 0.05) is 18.2 Å². The van der Waals surface area contributed by atoms with Gasteiger partial charge >= 0.3 is 12.7 Å². The summed E-state index contributed by atoms with van der Waals surface area (Å²) in [4.78, 5) is 11.4. The number of carbonyl (C=O) groups excluding carboxylic acids is 1. The van der Waals surface area contributed by atoms with Crippen molar-refractivity contribution in [2.75, 3.05) is 6.54 Å². The highest BCUT2D eigenvalue weighted by atomic mass is 19.3. The fourth-order valence-corrected chi connectivity index (χ4v) is 1.63. The van der Waals surface area contributed by atoms with Crippen LogP contribution in [0.1, 0.15) is 32.8 Å². The van der Waals surface area contributed by atoms with E-state index in [1.165, 1.54) is 12.1 Å². The largest absolute Gasteiger partial charge is 0.444 e. The Morgan fingerprint density at radius 2 is 2.04 bits per heavy atom. The Morgan fingerprint density at radius 3 is 2.65 bits per heavy atom. The third kappa shape index (κ3) is 8.13. The Bertz CT molecular complexity index is 554. The minimum Gasteiger partial charge on any atom is -0.444 e. The molecule has 128 valence electrons. The molecular weight excluding hydrogens is 311 g/mol. The van der Waals surface area contributed by atoms with E-state index < -0.39 is 24.1 Å². The molecule has 0 unspecified atom stereocenters. The van der Waals surface area contributed by atoms with Gasteiger partial charge in [0.05, 0.1) is 0 Å². The fraction of sp³-hybridized carbons (Fsp3) is 0.438. The van der Waals surface area contributed by atoms with Gasteiger partial charge in [-0.3, -0.25) is 0 Å². The Balaban J connectivity index is 2.50. The number of carbonyl (C=O) groups is 1. The normalized spacial score (nSPS) is 11.8. The van der Waals surface area contributed by atoms with Gasteiger partial charge < -0.3 is 14.8 Å². The number of amides is 1. The number of alkyl carbamates (subject to hydrolysis) is 1. The number of ether oxygens (including phenoxy) is 2. The molecule has 0 spiro atoms. The molecule has 0 saturated carbocycles. The first-order valence-electron chi connectivity index (χ1n) is 7.05. The van der Waals surface area contributed by atoms with Crippen LogP contribution in [0, 0.1) is 5.82 Å². The standard InChI is InChI=1S/C16H20F3NO3/c1-16(2,3)23-15(21)20-9-5-4-6-11-7-8-12(17)10-13(11)22-14(18)19/h4,6-8,10,14H,5,9H2,1-3H3,(H,20,21). The number of hydrogen-bond acceptors (Lipinski definition) is 3. The minimum atomic E-state index is -3.03. The van der Waals surface area contributed by atoms with E-state index in [2.05, 4.69) is 10.1 Å². The zero-order valence-electron chi connectivity index (χ0n) is 13.2. The lowest BCUT2D eigenvalue weighted by Crippen LogP contribution is -2.32. The summed E-state index contributed by atoms with van der Waals surface area (Å²) < 4.78 is 46.9. The highest BCUT2D eigenvalue weighted by molar-refractivity contribution is 5.67. The summed E-state index contributed by atoms with van der Waals surface area (Å²) in [5.41, 5.74) is -0.251. The van der Waals surface area contributed by atoms with Crippen LogP contribution in [0.2, 0.25) is 0 Å². The highest BCUT2D eigenvalue weighted by Crippen LogP contribution is 2.23. The summed E-state index contributed by atoms with van der Waals surface area (Å²) in [5.74, 6) is -0.902. The van der Waals surface area contributed by atoms with Crippen molar-refractivity contribution in [1.82, 2.24) is 5.32 Å². The van der Waals surface area contributed by atoms with Gasteiger partial charge in [-0.05, 0) is 39.3 Å². The lowest BCUT2D eigenvalue weighted by Gasteiger charge is -2.19. The quantitative estimate of drug-likeness (QED) is 0.788. The average Bonchev–Trinajstić information content (AvgIpc) is 2.37. The third-order valence-electron chi connectivity index (χ3n) is 2.47. The molecule has 0 aliphatic heterocycles. The van der Waals surface area contributed by atoms with Crippen molar-refractivity contribution in [3.05, 3.63) is 35.7 Å². The van der Waals surface area contributed by atoms with Crippen molar-refractivity contribution in [2.24, 2.45) is 0 Å². The first-order chi connectivity index (χ1) is 10.7. The van der Waals surface area contributed by atoms with Gasteiger partial charge in [0.25, 0.3) is 0 Å². The van der Waals surface area contributed by atoms with Crippen molar-refractivity contribution < 1.29 is 27.4 Å². The highest BCUT2D eigenvalue weighted by Gasteiger charge is 2.15. The topological polar surface area (TPSA) is 47.6 Å². The Morgan fingerprint density at radius 1 is 1.35 bits per heavy atom. The molecule has 1 amide bonds. The average molecular weight is 331 g/mol. The van der Waals surface area contributed by atoms with Crippen molar-refractivity contribution in [2.45, 2.75) is 39.4 Å². The van der Waals surface area contributed by atoms with Crippen LogP contribution in [0.15, 0.2) is 24.3 Å². The van der Waals surface area contributed by atoms with Crippen LogP contribution in [0.4, 0.5) is 18.0 Å². The second-order valence-electron chi connectivity index (χ2n) is 5.68. The van der Waals surface area contributed by atoms with Gasteiger partial charge in [-0.15, -0.1) is 0 Å². The zero-order chi connectivity index (χ0) is 17.5. The molecule has 23 heavy (non-hydrogen) atoms. The maximum absolute atomic E-state index is 13.1. The summed E-state index contributed by atoms with van der Waals surface area (Å²) in [5, 5.41) is 2.56. The molecular formula is C16H20F3NO3. The molecule has 0 aromatic heterocycles. The Hall–Kier alpha value is -2.18. The van der Waals surface area contributed by atoms with E-state index in [-0.39, 0.29) is 5.75 Å². The van der Waals surface area contributed by atoms with E-state index in [0.29, 0.717) is 18.5 Å². The smallest absolute Gasteiger partial charge is 0.407 e. The molecule has 0 aliphatic rings. The van der Waals surface area contributed by atoms with E-state index >= 15 is 0 Å². The number of halogens is 3. The predicted octanol–water partition coefficient (Wildman–Crippen LogP) is 4.36. The SMILES string of the molecule is CC(C)(C)OC(=O)NCCC=Cc1ccc(F)cc1OC(F)F. The first kappa shape index (κ1) is 18.9. The molecule has 0 aliphatic carbocycles. The molecule has 0 fully saturated rings. The van der Waals surface area contributed by atoms with E-state index in [4.69, 9.17) is 4.74 Å². The van der Waals surface area contributed by atoms with Gasteiger partial charge in [-0.25, -0.2) is 9.18 Å². The maximum atomic E-state index is 13.1. The van der Waals surface area contributed by atoms with Crippen molar-refractivity contribution >= 4 is 12.2 Å². The number of rotatable bonds is 6. The molecule has 7 heteroatoms. The molecule has 0 heterocycles. The summed E-state index contributed by atoms with van der Waals surface area (Å²) >= 11 is 0. The molecule has 0 saturated heterocycles. The molecule has 0 bridgehead atoms. The van der Waals surface area contributed by atoms with Gasteiger partial charge in [0.1, 0.15) is 17.2 Å². The van der Waals surface area contributed by atoms with Crippen LogP contribution in [-0.4, -0.2) is 24.9 Å². The summed E-state index contributed by atoms with van der Waals surface area (Å²) in [6.07, 6.45) is 3.09. The number of alkyl halides is 2. The van der Waals surface area contributed by atoms with Crippen molar-refractivity contribution in [3.8, 4) is 5.75 Å². The van der Waals surface area contributed by atoms with E-state index in [0.717, 1.165) is 12.1 Å². The molecule has 1 N–H and O–H groups in total. The van der Waals surface area contributed by atoms with Crippen molar-refractivity contribution in [1.29, 1.82) is 0 Å². The molecule has 1 aromatic carbocycles. The predicted molar refractivity (Wildman–Crippen MR) is 80.9 cm³/mol. The fourth-order valence-electron chi connectivity index (χ4n) is 1.63. The van der Waals surface area contributed by atoms with Gasteiger partial charge in [-0.1, -0.05) is 12.2 Å². The van der Waals surface area contributed by atoms with Crippen LogP contribution >= 0.6 is 0 Å². The van der Waals surface area contributed by atoms with E-state index in [1.807, 2.05) is 0 Å². The first-order valence-corrected chi connectivity index (χ1v) is 7.05. The van der Waals surface area contributed by atoms with Gasteiger partial charge in [-0.2, -0.15) is 8.78 Å². The van der Waals surface area contributed by atoms with Crippen molar-refractivity contribution in [3.63, 3.8) is 0 Å². The van der Waals surface area contributed by atoms with Crippen LogP contribution in [-0.2, 0) is 4.74 Å². The third-order valence-corrected chi connectivity index (χ3v) is 2.47. The molecule has 0 radical (unpaired) electrons. The van der Waals surface area contributed by atoms with E-state index in [1.54, 1.807) is 26.8 Å². The number of nitrogens with one attached hydrogen (secondary N) is 1. The lowest BCUT2D eigenvalue weighted by molar-refractivity contribution is -0.0501. The minimum absolute atomic E-state index is 0.239. The second kappa shape index (κ2) is 8.45. The van der Waals surface area contributed by atoms with Gasteiger partial charge in [0.2, 0.25) is 0 Å². The number of benzene rings is 1. The van der Waals surface area contributed by atoms with Crippen LogP contribution in [0.5, 0.6) is 5.75 Å². The zero-order valence-corrected chi connectivity index (χ0v) is 13.2. The maximum Gasteiger partial charge on any atom is 0.407 e. The molecule has 4 nitrogen and oxygen atoms in total.